The van der Waals surface area contributed by atoms with Crippen LogP contribution in [0.25, 0.3) is 0 Å². The number of rotatable bonds is 14. The van der Waals surface area contributed by atoms with Gasteiger partial charge >= 0.3 is 11.7 Å². The van der Waals surface area contributed by atoms with Crippen molar-refractivity contribution in [1.29, 1.82) is 0 Å². The smallest absolute Gasteiger partial charge is 0.410 e. The van der Waals surface area contributed by atoms with Crippen LogP contribution in [0.3, 0.4) is 0 Å². The van der Waals surface area contributed by atoms with Gasteiger partial charge < -0.3 is 19.4 Å². The maximum absolute atomic E-state index is 12.9. The summed E-state index contributed by atoms with van der Waals surface area (Å²) in [5, 5.41) is 23.2. The number of nitrogens with one attached hydrogen (secondary N) is 1. The van der Waals surface area contributed by atoms with Crippen molar-refractivity contribution in [3.63, 3.8) is 0 Å². The Bertz CT molecular complexity index is 1150. The van der Waals surface area contributed by atoms with Gasteiger partial charge in [-0.25, -0.2) is 9.59 Å². The number of methoxy groups -OCH3 is 1. The molecule has 1 aromatic rings. The number of hydrogen-bond donors (Lipinski definition) is 3. The molecule has 2 atom stereocenters. The third-order valence-corrected chi connectivity index (χ3v) is 6.06. The highest BCUT2D eigenvalue weighted by Gasteiger charge is 2.22. The average Bonchev–Trinajstić information content (AvgIpc) is 2.89. The summed E-state index contributed by atoms with van der Waals surface area (Å²) in [7, 11) is 1.27. The molecule has 0 aromatic carbocycles. The minimum Gasteiger partial charge on any atom is -0.507 e. The molecule has 0 fully saturated rings. The lowest BCUT2D eigenvalue weighted by Gasteiger charge is -2.11. The Hall–Kier alpha value is -3.65. The van der Waals surface area contributed by atoms with Crippen molar-refractivity contribution in [2.24, 2.45) is 0 Å². The first-order valence-electron chi connectivity index (χ1n) is 12.7. The molecule has 8 heteroatoms. The Labute approximate surface area is 225 Å². The molecule has 0 aliphatic carbocycles. The second-order valence-electron chi connectivity index (χ2n) is 9.21. The van der Waals surface area contributed by atoms with E-state index in [0.717, 1.165) is 17.6 Å². The van der Waals surface area contributed by atoms with Gasteiger partial charge in [0.15, 0.2) is 5.78 Å². The third-order valence-electron chi connectivity index (χ3n) is 6.06. The van der Waals surface area contributed by atoms with Gasteiger partial charge in [-0.3, -0.25) is 10.1 Å². The normalized spacial score (nSPS) is 14.7. The number of allylic oxidation sites excluding steroid dienone is 8. The molecule has 1 rings (SSSR count). The maximum atomic E-state index is 12.9. The van der Waals surface area contributed by atoms with Crippen molar-refractivity contribution in [1.82, 2.24) is 5.32 Å². The van der Waals surface area contributed by atoms with Gasteiger partial charge in [-0.15, -0.1) is 0 Å². The standard InChI is InChI=1S/C30H41NO7/c1-7-8-9-12-21(3)24(32)17-15-20(2)14-16-23(5)28(34)27-25(33)19-26(38-29(27)35)22(4)13-10-11-18-31-30(36)37-6/h7-8,11-12,14,16,18-19,22,24,32-33H,9-10,13,15,17H2,1-6H3,(H,31,36)/b8-7+,18-11+,20-14+,21-12-,23-16+/t22-,24-/m1/s1. The van der Waals surface area contributed by atoms with E-state index >= 15 is 0 Å². The first-order chi connectivity index (χ1) is 18.0. The molecule has 1 amide bonds. The van der Waals surface area contributed by atoms with Gasteiger partial charge in [-0.05, 0) is 70.9 Å². The van der Waals surface area contributed by atoms with Crippen LogP contribution in [-0.2, 0) is 4.74 Å². The zero-order valence-electron chi connectivity index (χ0n) is 23.2. The number of carbonyl (C=O) groups is 2. The van der Waals surface area contributed by atoms with Crippen molar-refractivity contribution in [3.05, 3.63) is 87.2 Å². The SMILES string of the molecule is C/C=C/C/C=C(/C)[C@H](O)CC/C(C)=C/C=C(\C)C(=O)c1c(O)cc([C@H](C)CC/C=C/NC(=O)OC)oc1=O. The van der Waals surface area contributed by atoms with Crippen LogP contribution >= 0.6 is 0 Å². The third kappa shape index (κ3) is 11.2. The highest BCUT2D eigenvalue weighted by Crippen LogP contribution is 2.26. The van der Waals surface area contributed by atoms with Crippen LogP contribution in [0.1, 0.15) is 88.8 Å². The Morgan fingerprint density at radius 2 is 1.87 bits per heavy atom. The first kappa shape index (κ1) is 32.4. The Kier molecular flexibility index (Phi) is 14.5. The zero-order valence-corrected chi connectivity index (χ0v) is 23.2. The molecule has 0 aliphatic rings. The molecule has 3 N–H and O–H groups in total. The van der Waals surface area contributed by atoms with Crippen LogP contribution in [0.2, 0.25) is 0 Å². The molecule has 208 valence electrons. The van der Waals surface area contributed by atoms with E-state index in [1.165, 1.54) is 19.4 Å². The van der Waals surface area contributed by atoms with Gasteiger partial charge in [0, 0.05) is 18.2 Å². The summed E-state index contributed by atoms with van der Waals surface area (Å²) < 4.78 is 9.82. The number of aliphatic hydroxyl groups is 1. The van der Waals surface area contributed by atoms with Crippen molar-refractivity contribution in [2.45, 2.75) is 78.7 Å². The Morgan fingerprint density at radius 3 is 2.50 bits per heavy atom. The van der Waals surface area contributed by atoms with Crippen LogP contribution in [0.5, 0.6) is 5.75 Å². The van der Waals surface area contributed by atoms with Crippen LogP contribution in [-0.4, -0.2) is 35.3 Å². The summed E-state index contributed by atoms with van der Waals surface area (Å²) in [6.07, 6.45) is 14.6. The molecule has 0 aliphatic heterocycles. The fourth-order valence-corrected chi connectivity index (χ4v) is 3.45. The number of hydrogen-bond acceptors (Lipinski definition) is 7. The van der Waals surface area contributed by atoms with E-state index in [-0.39, 0.29) is 17.3 Å². The molecular weight excluding hydrogens is 486 g/mol. The predicted molar refractivity (Wildman–Crippen MR) is 149 cm³/mol. The summed E-state index contributed by atoms with van der Waals surface area (Å²) in [6, 6.07) is 1.30. The quantitative estimate of drug-likeness (QED) is 0.113. The molecule has 8 nitrogen and oxygen atoms in total. The molecule has 0 bridgehead atoms. The van der Waals surface area contributed by atoms with Gasteiger partial charge in [0.25, 0.3) is 0 Å². The van der Waals surface area contributed by atoms with Crippen LogP contribution in [0, 0.1) is 0 Å². The lowest BCUT2D eigenvalue weighted by Crippen LogP contribution is -2.17. The molecule has 0 saturated carbocycles. The molecule has 0 unspecified atom stereocenters. The topological polar surface area (TPSA) is 126 Å². The van der Waals surface area contributed by atoms with Crippen molar-refractivity contribution in [2.75, 3.05) is 7.11 Å². The highest BCUT2D eigenvalue weighted by atomic mass is 16.5. The lowest BCUT2D eigenvalue weighted by atomic mass is 9.99. The van der Waals surface area contributed by atoms with Crippen molar-refractivity contribution < 1.29 is 29.0 Å². The number of aromatic hydroxyl groups is 1. The number of ketones is 1. The number of alkyl carbamates (subject to hydrolysis) is 1. The number of Topliss-reactive ketones (excluding diaryl/α,β-unsaturated/α-hetero) is 1. The number of carbonyl (C=O) groups excluding carboxylic acids is 2. The van der Waals surface area contributed by atoms with E-state index in [2.05, 4.69) is 10.1 Å². The van der Waals surface area contributed by atoms with E-state index in [4.69, 9.17) is 4.42 Å². The maximum Gasteiger partial charge on any atom is 0.410 e. The number of amides is 1. The number of aliphatic hydroxyl groups excluding tert-OH is 1. The van der Waals surface area contributed by atoms with Crippen LogP contribution in [0.4, 0.5) is 4.79 Å². The van der Waals surface area contributed by atoms with E-state index in [1.54, 1.807) is 25.2 Å². The molecule has 1 aromatic heterocycles. The van der Waals surface area contributed by atoms with Crippen molar-refractivity contribution in [3.8, 4) is 5.75 Å². The Morgan fingerprint density at radius 1 is 1.16 bits per heavy atom. The molecule has 0 radical (unpaired) electrons. The molecular formula is C30H41NO7. The van der Waals surface area contributed by atoms with Gasteiger partial charge in [-0.2, -0.15) is 0 Å². The highest BCUT2D eigenvalue weighted by molar-refractivity contribution is 6.09. The summed E-state index contributed by atoms with van der Waals surface area (Å²) in [4.78, 5) is 36.4. The lowest BCUT2D eigenvalue weighted by molar-refractivity contribution is 0.102. The average molecular weight is 528 g/mol. The fraction of sp³-hybridized carbons (Fsp3) is 0.433. The molecule has 38 heavy (non-hydrogen) atoms. The minimum absolute atomic E-state index is 0.209. The summed E-state index contributed by atoms with van der Waals surface area (Å²) >= 11 is 0. The first-order valence-corrected chi connectivity index (χ1v) is 12.7. The van der Waals surface area contributed by atoms with Crippen molar-refractivity contribution >= 4 is 11.9 Å². The summed E-state index contributed by atoms with van der Waals surface area (Å²) in [6.45, 7) is 9.16. The largest absolute Gasteiger partial charge is 0.507 e. The van der Waals surface area contributed by atoms with Gasteiger partial charge in [0.05, 0.1) is 13.2 Å². The summed E-state index contributed by atoms with van der Waals surface area (Å²) in [5.74, 6) is -0.976. The second kappa shape index (κ2) is 17.0. The fourth-order valence-electron chi connectivity index (χ4n) is 3.45. The van der Waals surface area contributed by atoms with Gasteiger partial charge in [0.2, 0.25) is 0 Å². The molecule has 0 spiro atoms. The number of ether oxygens (including phenoxy) is 1. The van der Waals surface area contributed by atoms with Gasteiger partial charge in [-0.1, -0.05) is 49.0 Å². The van der Waals surface area contributed by atoms with Crippen LogP contribution in [0.15, 0.2) is 74.7 Å². The van der Waals surface area contributed by atoms with Crippen LogP contribution < -0.4 is 10.9 Å². The summed E-state index contributed by atoms with van der Waals surface area (Å²) in [5.41, 5.74) is 0.870. The predicted octanol–water partition coefficient (Wildman–Crippen LogP) is 6.23. The Balaban J connectivity index is 2.82. The van der Waals surface area contributed by atoms with E-state index in [0.29, 0.717) is 25.7 Å². The van der Waals surface area contributed by atoms with E-state index < -0.39 is 34.9 Å². The zero-order chi connectivity index (χ0) is 28.7. The molecule has 0 saturated heterocycles. The monoisotopic (exact) mass is 527 g/mol. The molecule has 1 heterocycles. The second-order valence-corrected chi connectivity index (χ2v) is 9.21. The minimum atomic E-state index is -0.892. The van der Waals surface area contributed by atoms with E-state index in [1.807, 2.05) is 45.9 Å². The van der Waals surface area contributed by atoms with Gasteiger partial charge in [0.1, 0.15) is 17.1 Å². The van der Waals surface area contributed by atoms with E-state index in [9.17, 15) is 24.6 Å².